The number of rotatable bonds is 1. The molecule has 4 unspecified atom stereocenters. The Morgan fingerprint density at radius 1 is 0.941 bits per heavy atom. The maximum absolute atomic E-state index is 11.6. The minimum absolute atomic E-state index is 0.000593. The van der Waals surface area contributed by atoms with Crippen molar-refractivity contribution in [3.63, 3.8) is 0 Å². The third kappa shape index (κ3) is 2.50. The Morgan fingerprint density at radius 3 is 2.29 bits per heavy atom. The first-order valence-corrected chi connectivity index (χ1v) is 8.43. The van der Waals surface area contributed by atoms with Gasteiger partial charge in [-0.15, -0.1) is 0 Å². The van der Waals surface area contributed by atoms with Crippen molar-refractivity contribution in [1.29, 1.82) is 0 Å². The van der Waals surface area contributed by atoms with E-state index in [0.29, 0.717) is 10.0 Å². The van der Waals surface area contributed by atoms with Crippen LogP contribution in [0.2, 0.25) is 0 Å². The first-order valence-electron chi connectivity index (χ1n) is 6.30. The topological polar surface area (TPSA) is 55.9 Å². The van der Waals surface area contributed by atoms with E-state index in [4.69, 9.17) is 7.80 Å². The van der Waals surface area contributed by atoms with Crippen LogP contribution in [0.1, 0.15) is 38.5 Å². The van der Waals surface area contributed by atoms with Gasteiger partial charge in [-0.25, -0.2) is 0 Å². The number of halogens is 1. The molecule has 3 fully saturated rings. The molecule has 0 spiro atoms. The summed E-state index contributed by atoms with van der Waals surface area (Å²) in [6.07, 6.45) is 6.04. The van der Waals surface area contributed by atoms with Gasteiger partial charge in [0.2, 0.25) is 0 Å². The van der Waals surface area contributed by atoms with Gasteiger partial charge >= 0.3 is 111 Å². The number of esters is 2. The molecule has 0 N–H and O–H groups in total. The molecular formula is C12H16IO4-. The molecule has 17 heavy (non-hydrogen) atoms. The average molecular weight is 351 g/mol. The second-order valence-corrected chi connectivity index (χ2v) is 7.35. The van der Waals surface area contributed by atoms with Crippen LogP contribution in [0.3, 0.4) is 0 Å². The molecule has 0 radical (unpaired) electrons. The number of alkyl halides is 1. The van der Waals surface area contributed by atoms with E-state index >= 15 is 0 Å². The van der Waals surface area contributed by atoms with Crippen LogP contribution < -0.4 is 21.6 Å². The summed E-state index contributed by atoms with van der Waals surface area (Å²) in [5.74, 6) is -0.262. The summed E-state index contributed by atoms with van der Waals surface area (Å²) in [6, 6.07) is 0. The summed E-state index contributed by atoms with van der Waals surface area (Å²) in [6.45, 7) is 0. The Balaban J connectivity index is 1.70. The fraction of sp³-hybridized carbons (Fsp3) is 0.833. The Bertz CT molecular complexity index is 339. The Hall–Kier alpha value is -0.170. The van der Waals surface area contributed by atoms with Crippen LogP contribution in [0.5, 0.6) is 0 Å². The van der Waals surface area contributed by atoms with Crippen molar-refractivity contribution in [3.8, 4) is 0 Å². The number of ether oxygens (including phenoxy) is 1. The molecule has 5 heteroatoms. The molecule has 2 aliphatic heterocycles. The fourth-order valence-electron chi connectivity index (χ4n) is 2.96. The molecule has 3 aliphatic rings. The first-order chi connectivity index (χ1) is 8.25. The second-order valence-electron chi connectivity index (χ2n) is 5.10. The SMILES string of the molecule is O=C1OC(=O)C2CCC(C3O[I-]3)CCCCC12. The molecule has 0 bridgehead atoms. The number of fused-ring (bicyclic) bond motifs is 1. The van der Waals surface area contributed by atoms with E-state index in [2.05, 4.69) is 0 Å². The predicted octanol–water partition coefficient (Wildman–Crippen LogP) is -1.37. The minimum atomic E-state index is -0.285. The Morgan fingerprint density at radius 2 is 1.59 bits per heavy atom. The monoisotopic (exact) mass is 351 g/mol. The number of hydrogen-bond donors (Lipinski definition) is 0. The van der Waals surface area contributed by atoms with E-state index in [1.54, 1.807) is 0 Å². The molecule has 3 rings (SSSR count). The van der Waals surface area contributed by atoms with Crippen LogP contribution >= 0.6 is 0 Å². The number of hydrogen-bond acceptors (Lipinski definition) is 4. The van der Waals surface area contributed by atoms with Crippen molar-refractivity contribution < 1.29 is 39.0 Å². The van der Waals surface area contributed by atoms with E-state index < -0.39 is 0 Å². The summed E-state index contributed by atoms with van der Waals surface area (Å²) in [4.78, 5) is 23.2. The van der Waals surface area contributed by atoms with Crippen molar-refractivity contribution in [2.45, 2.75) is 42.6 Å². The van der Waals surface area contributed by atoms with Crippen LogP contribution in [-0.2, 0) is 17.4 Å². The second kappa shape index (κ2) is 4.84. The van der Waals surface area contributed by atoms with E-state index in [0.717, 1.165) is 32.1 Å². The van der Waals surface area contributed by atoms with Crippen LogP contribution in [0.25, 0.3) is 0 Å². The number of cyclic esters (lactones) is 2. The van der Waals surface area contributed by atoms with Gasteiger partial charge in [-0.05, 0) is 0 Å². The summed E-state index contributed by atoms with van der Waals surface area (Å²) in [5.41, 5.74) is 0. The fourth-order valence-corrected chi connectivity index (χ4v) is 4.68. The van der Waals surface area contributed by atoms with Crippen molar-refractivity contribution in [2.24, 2.45) is 17.8 Å². The van der Waals surface area contributed by atoms with Crippen LogP contribution in [0.4, 0.5) is 0 Å². The van der Waals surface area contributed by atoms with Gasteiger partial charge in [-0.1, -0.05) is 0 Å². The van der Waals surface area contributed by atoms with Crippen LogP contribution in [0, 0.1) is 17.8 Å². The van der Waals surface area contributed by atoms with Gasteiger partial charge in [0.15, 0.2) is 0 Å². The molecule has 4 nitrogen and oxygen atoms in total. The van der Waals surface area contributed by atoms with Crippen molar-refractivity contribution >= 4 is 11.9 Å². The van der Waals surface area contributed by atoms with Gasteiger partial charge in [0, 0.05) is 0 Å². The Kier molecular flexibility index (Phi) is 3.38. The molecule has 0 aromatic carbocycles. The van der Waals surface area contributed by atoms with Gasteiger partial charge < -0.3 is 0 Å². The van der Waals surface area contributed by atoms with Gasteiger partial charge in [0.1, 0.15) is 0 Å². The quantitative estimate of drug-likeness (QED) is 0.192. The Labute approximate surface area is 111 Å². The molecule has 0 amide bonds. The predicted molar refractivity (Wildman–Crippen MR) is 54.1 cm³/mol. The van der Waals surface area contributed by atoms with Crippen molar-refractivity contribution in [3.05, 3.63) is 0 Å². The van der Waals surface area contributed by atoms with Gasteiger partial charge in [0.05, 0.1) is 0 Å². The molecule has 96 valence electrons. The van der Waals surface area contributed by atoms with E-state index in [1.807, 2.05) is 0 Å². The zero-order chi connectivity index (χ0) is 11.8. The van der Waals surface area contributed by atoms with E-state index in [9.17, 15) is 9.59 Å². The molecular weight excluding hydrogens is 335 g/mol. The standard InChI is InChI=1S/C12H16IO4/c14-11-8-4-2-1-3-7(10-13-17-10)5-6-9(8)12(15)16-11/h7-10H,1-6H2/q-1. The van der Waals surface area contributed by atoms with E-state index in [-0.39, 0.29) is 45.4 Å². The first kappa shape index (κ1) is 11.9. The summed E-state index contributed by atoms with van der Waals surface area (Å²) >= 11 is 0.000593. The summed E-state index contributed by atoms with van der Waals surface area (Å²) in [7, 11) is 0. The molecule has 4 atom stereocenters. The average Bonchev–Trinajstić information content (AvgIpc) is 3.06. The molecule has 2 heterocycles. The summed E-state index contributed by atoms with van der Waals surface area (Å²) in [5, 5.41) is 0. The third-order valence-corrected chi connectivity index (χ3v) is 6.16. The summed E-state index contributed by atoms with van der Waals surface area (Å²) < 4.78 is 10.8. The molecule has 1 saturated carbocycles. The number of carbonyl (C=O) groups excluding carboxylic acids is 2. The third-order valence-electron chi connectivity index (χ3n) is 4.04. The number of carbonyl (C=O) groups is 2. The molecule has 0 aromatic rings. The van der Waals surface area contributed by atoms with Crippen molar-refractivity contribution in [2.75, 3.05) is 0 Å². The zero-order valence-electron chi connectivity index (χ0n) is 9.56. The zero-order valence-corrected chi connectivity index (χ0v) is 11.7. The van der Waals surface area contributed by atoms with Gasteiger partial charge in [0.25, 0.3) is 0 Å². The molecule has 0 aromatic heterocycles. The van der Waals surface area contributed by atoms with Crippen LogP contribution in [0.15, 0.2) is 0 Å². The van der Waals surface area contributed by atoms with Gasteiger partial charge in [-0.2, -0.15) is 0 Å². The maximum atomic E-state index is 11.6. The van der Waals surface area contributed by atoms with Crippen LogP contribution in [-0.4, -0.2) is 16.0 Å². The van der Waals surface area contributed by atoms with E-state index in [1.165, 1.54) is 6.42 Å². The normalized spacial score (nSPS) is 42.6. The van der Waals surface area contributed by atoms with Gasteiger partial charge in [-0.3, -0.25) is 0 Å². The molecule has 1 aliphatic carbocycles. The molecule has 2 saturated heterocycles. The van der Waals surface area contributed by atoms with Crippen molar-refractivity contribution in [1.82, 2.24) is 0 Å².